The zero-order valence-corrected chi connectivity index (χ0v) is 22.9. The van der Waals surface area contributed by atoms with Crippen molar-refractivity contribution in [3.05, 3.63) is 84.1 Å². The lowest BCUT2D eigenvalue weighted by Crippen LogP contribution is -2.32. The largest absolute Gasteiger partial charge is 0.493 e. The highest BCUT2D eigenvalue weighted by molar-refractivity contribution is 6.14. The summed E-state index contributed by atoms with van der Waals surface area (Å²) < 4.78 is 46.0. The van der Waals surface area contributed by atoms with Gasteiger partial charge < -0.3 is 25.3 Å². The van der Waals surface area contributed by atoms with Gasteiger partial charge in [-0.1, -0.05) is 12.1 Å². The number of ether oxygens (including phenoxy) is 3. The SMILES string of the molecule is COc1cc2c(Oc3ccc(CC(=O)C4(C(=O)Nc5cccc(F)c5)CC4)cc3F)ccnc2cc1OCC1(N)CC1. The number of nitrogens with one attached hydrogen (secondary N) is 1. The normalized spacial score (nSPS) is 16.0. The topological polar surface area (TPSA) is 113 Å². The van der Waals surface area contributed by atoms with Crippen molar-refractivity contribution in [1.82, 2.24) is 4.98 Å². The number of hydrogen-bond donors (Lipinski definition) is 2. The molecule has 2 aliphatic rings. The molecule has 0 bridgehead atoms. The van der Waals surface area contributed by atoms with Crippen molar-refractivity contribution in [3.63, 3.8) is 0 Å². The summed E-state index contributed by atoms with van der Waals surface area (Å²) in [6.07, 6.45) is 4.00. The van der Waals surface area contributed by atoms with E-state index in [1.54, 1.807) is 36.5 Å². The summed E-state index contributed by atoms with van der Waals surface area (Å²) in [5, 5.41) is 3.21. The molecule has 2 saturated carbocycles. The Hall–Kier alpha value is -4.57. The van der Waals surface area contributed by atoms with Crippen molar-refractivity contribution in [3.8, 4) is 23.0 Å². The number of nitrogens with two attached hydrogens (primary N) is 1. The molecule has 0 unspecified atom stereocenters. The lowest BCUT2D eigenvalue weighted by Gasteiger charge is -2.16. The van der Waals surface area contributed by atoms with Gasteiger partial charge in [-0.25, -0.2) is 8.78 Å². The molecule has 42 heavy (non-hydrogen) atoms. The van der Waals surface area contributed by atoms with Gasteiger partial charge in [0.15, 0.2) is 28.8 Å². The maximum absolute atomic E-state index is 15.2. The van der Waals surface area contributed by atoms with Gasteiger partial charge in [0.05, 0.1) is 18.2 Å². The zero-order chi connectivity index (χ0) is 29.5. The molecule has 10 heteroatoms. The van der Waals surface area contributed by atoms with E-state index in [0.29, 0.717) is 53.2 Å². The Morgan fingerprint density at radius 1 is 0.952 bits per heavy atom. The number of ketones is 1. The molecule has 0 radical (unpaired) electrons. The summed E-state index contributed by atoms with van der Waals surface area (Å²) in [6.45, 7) is 0.365. The van der Waals surface area contributed by atoms with Crippen molar-refractivity contribution in [2.75, 3.05) is 19.0 Å². The second kappa shape index (κ2) is 10.7. The number of carbonyl (C=O) groups excluding carboxylic acids is 2. The number of pyridine rings is 1. The van der Waals surface area contributed by atoms with Crippen molar-refractivity contribution < 1.29 is 32.6 Å². The number of amides is 1. The number of anilines is 1. The number of benzene rings is 3. The molecule has 216 valence electrons. The molecule has 1 aromatic heterocycles. The maximum atomic E-state index is 15.2. The van der Waals surface area contributed by atoms with Crippen LogP contribution < -0.4 is 25.3 Å². The second-order valence-corrected chi connectivity index (χ2v) is 11.0. The molecule has 2 aliphatic carbocycles. The smallest absolute Gasteiger partial charge is 0.238 e. The van der Waals surface area contributed by atoms with E-state index in [0.717, 1.165) is 12.8 Å². The number of aromatic nitrogens is 1. The summed E-state index contributed by atoms with van der Waals surface area (Å²) in [6, 6.07) is 14.8. The van der Waals surface area contributed by atoms with E-state index in [1.807, 2.05) is 0 Å². The maximum Gasteiger partial charge on any atom is 0.238 e. The minimum Gasteiger partial charge on any atom is -0.493 e. The van der Waals surface area contributed by atoms with Crippen molar-refractivity contribution >= 4 is 28.3 Å². The first kappa shape index (κ1) is 27.6. The van der Waals surface area contributed by atoms with Gasteiger partial charge in [-0.2, -0.15) is 0 Å². The van der Waals surface area contributed by atoms with E-state index < -0.39 is 23.0 Å². The van der Waals surface area contributed by atoms with Gasteiger partial charge in [-0.15, -0.1) is 0 Å². The summed E-state index contributed by atoms with van der Waals surface area (Å²) >= 11 is 0. The number of Topliss-reactive ketones (excluding diaryl/α,β-unsaturated/α-hetero) is 1. The molecule has 3 N–H and O–H groups in total. The Morgan fingerprint density at radius 3 is 2.45 bits per heavy atom. The third-order valence-electron chi connectivity index (χ3n) is 7.78. The van der Waals surface area contributed by atoms with E-state index in [9.17, 15) is 14.0 Å². The predicted molar refractivity (Wildman–Crippen MR) is 152 cm³/mol. The van der Waals surface area contributed by atoms with Crippen LogP contribution in [0.25, 0.3) is 10.9 Å². The minimum atomic E-state index is -1.20. The summed E-state index contributed by atoms with van der Waals surface area (Å²) in [4.78, 5) is 30.3. The molecule has 3 aromatic carbocycles. The molecule has 4 aromatic rings. The molecule has 6 rings (SSSR count). The van der Waals surface area contributed by atoms with Crippen LogP contribution in [0.15, 0.2) is 66.9 Å². The Morgan fingerprint density at radius 2 is 1.76 bits per heavy atom. The lowest BCUT2D eigenvalue weighted by molar-refractivity contribution is -0.132. The van der Waals surface area contributed by atoms with Gasteiger partial charge in [-0.05, 0) is 73.7 Å². The van der Waals surface area contributed by atoms with Crippen LogP contribution in [-0.2, 0) is 16.0 Å². The molecule has 0 saturated heterocycles. The Balaban J connectivity index is 1.16. The molecule has 2 fully saturated rings. The van der Waals surface area contributed by atoms with Crippen LogP contribution in [0.1, 0.15) is 31.2 Å². The highest BCUT2D eigenvalue weighted by Crippen LogP contribution is 2.48. The number of fused-ring (bicyclic) bond motifs is 1. The second-order valence-electron chi connectivity index (χ2n) is 11.0. The first-order chi connectivity index (χ1) is 20.2. The summed E-state index contributed by atoms with van der Waals surface area (Å²) in [5.41, 5.74) is 5.90. The molecular formula is C32H29F2N3O5. The molecule has 0 aliphatic heterocycles. The summed E-state index contributed by atoms with van der Waals surface area (Å²) in [5.74, 6) is -0.673. The van der Waals surface area contributed by atoms with Gasteiger partial charge in [0.25, 0.3) is 0 Å². The summed E-state index contributed by atoms with van der Waals surface area (Å²) in [7, 11) is 1.52. The van der Waals surface area contributed by atoms with Crippen molar-refractivity contribution in [1.29, 1.82) is 0 Å². The van der Waals surface area contributed by atoms with Gasteiger partial charge in [-0.3, -0.25) is 14.6 Å². The average molecular weight is 574 g/mol. The number of methoxy groups -OCH3 is 1. The number of halogens is 2. The molecule has 1 amide bonds. The van der Waals surface area contributed by atoms with E-state index >= 15 is 4.39 Å². The van der Waals surface area contributed by atoms with Crippen LogP contribution in [0.2, 0.25) is 0 Å². The monoisotopic (exact) mass is 573 g/mol. The molecule has 0 atom stereocenters. The first-order valence-corrected chi connectivity index (χ1v) is 13.6. The van der Waals surface area contributed by atoms with Gasteiger partial charge in [0.2, 0.25) is 5.91 Å². The molecule has 1 heterocycles. The Bertz CT molecular complexity index is 1700. The van der Waals surface area contributed by atoms with Crippen LogP contribution in [0.5, 0.6) is 23.0 Å². The van der Waals surface area contributed by atoms with Crippen LogP contribution >= 0.6 is 0 Å². The van der Waals surface area contributed by atoms with Crippen molar-refractivity contribution in [2.45, 2.75) is 37.6 Å². The van der Waals surface area contributed by atoms with E-state index in [1.165, 1.54) is 37.4 Å². The Labute approximate surface area is 240 Å². The number of hydrogen-bond acceptors (Lipinski definition) is 7. The fourth-order valence-electron chi connectivity index (χ4n) is 4.80. The fourth-order valence-corrected chi connectivity index (χ4v) is 4.80. The van der Waals surface area contributed by atoms with Gasteiger partial charge in [0, 0.05) is 29.8 Å². The minimum absolute atomic E-state index is 0.0400. The highest BCUT2D eigenvalue weighted by Gasteiger charge is 2.55. The van der Waals surface area contributed by atoms with Gasteiger partial charge in [0.1, 0.15) is 23.6 Å². The highest BCUT2D eigenvalue weighted by atomic mass is 19.1. The Kier molecular flexibility index (Phi) is 7.02. The molecular weight excluding hydrogens is 544 g/mol. The van der Waals surface area contributed by atoms with E-state index in [4.69, 9.17) is 19.9 Å². The third kappa shape index (κ3) is 5.62. The van der Waals surface area contributed by atoms with E-state index in [-0.39, 0.29) is 29.2 Å². The first-order valence-electron chi connectivity index (χ1n) is 13.6. The number of carbonyl (C=O) groups is 2. The van der Waals surface area contributed by atoms with Gasteiger partial charge >= 0.3 is 0 Å². The van der Waals surface area contributed by atoms with Crippen LogP contribution in [-0.4, -0.2) is 35.9 Å². The van der Waals surface area contributed by atoms with E-state index in [2.05, 4.69) is 10.3 Å². The van der Waals surface area contributed by atoms with Crippen LogP contribution in [0.3, 0.4) is 0 Å². The number of rotatable bonds is 11. The molecule has 8 nitrogen and oxygen atoms in total. The van der Waals surface area contributed by atoms with Crippen molar-refractivity contribution in [2.24, 2.45) is 11.1 Å². The quantitative estimate of drug-likeness (QED) is 0.221. The van der Waals surface area contributed by atoms with Crippen LogP contribution in [0.4, 0.5) is 14.5 Å². The standard InChI is InChI=1S/C32H29F2N3O5/c1-40-27-16-22-24(17-28(27)41-18-31(35)8-9-31)36-12-7-25(22)42-26-6-5-19(13-23(26)34)14-29(38)32(10-11-32)30(39)37-21-4-2-3-20(33)15-21/h2-7,12-13,15-17H,8-11,14,18,35H2,1H3,(H,37,39). The third-order valence-corrected chi connectivity index (χ3v) is 7.78. The van der Waals surface area contributed by atoms with Crippen LogP contribution in [0, 0.1) is 17.0 Å². The molecule has 0 spiro atoms. The zero-order valence-electron chi connectivity index (χ0n) is 22.9. The lowest BCUT2D eigenvalue weighted by atomic mass is 9.94. The average Bonchev–Trinajstić information content (AvgIpc) is 3.90. The fraction of sp³-hybridized carbons (Fsp3) is 0.281. The predicted octanol–water partition coefficient (Wildman–Crippen LogP) is 5.71. The number of nitrogens with zero attached hydrogens (tertiary/aromatic N) is 1.